The number of aliphatic imine (C=N–C) groups is 2. The lowest BCUT2D eigenvalue weighted by atomic mass is 10.1. The lowest BCUT2D eigenvalue weighted by Gasteiger charge is -2.19. The van der Waals surface area contributed by atoms with Gasteiger partial charge in [0.15, 0.2) is 12.1 Å². The standard InChI is InChI=1S/C28H32N4O8/c1-15-22(31-26(39-15)17-9-4-6-12-20(17)33)24(35)29-14-8-11-19(28(37)38-3)30-25(36)23-16(2)40-27(32-23)18-10-5-7-13-21(18)34/h4-7,9-10,12-13,15-16,19,22-23,33-34H,8,11,14H2,1-3H3,(H,29,35)(H,30,36)/t15-,16-,19-,22+,23+/m1/s1. The lowest BCUT2D eigenvalue weighted by molar-refractivity contribution is -0.145. The van der Waals surface area contributed by atoms with Crippen molar-refractivity contribution in [1.29, 1.82) is 0 Å². The number of amides is 2. The summed E-state index contributed by atoms with van der Waals surface area (Å²) in [5.74, 6) is -1.21. The van der Waals surface area contributed by atoms with Gasteiger partial charge in [0.1, 0.15) is 29.7 Å². The van der Waals surface area contributed by atoms with Crippen molar-refractivity contribution in [3.05, 3.63) is 59.7 Å². The minimum Gasteiger partial charge on any atom is -0.507 e. The predicted molar refractivity (Wildman–Crippen MR) is 144 cm³/mol. The van der Waals surface area contributed by atoms with E-state index in [1.54, 1.807) is 50.2 Å². The van der Waals surface area contributed by atoms with Crippen molar-refractivity contribution in [2.75, 3.05) is 13.7 Å². The molecule has 0 unspecified atom stereocenters. The fourth-order valence-corrected chi connectivity index (χ4v) is 4.39. The summed E-state index contributed by atoms with van der Waals surface area (Å²) in [6, 6.07) is 10.4. The molecule has 4 N–H and O–H groups in total. The first-order valence-electron chi connectivity index (χ1n) is 12.9. The number of esters is 1. The Kier molecular flexibility index (Phi) is 8.87. The number of nitrogens with one attached hydrogen (secondary N) is 2. The Morgan fingerprint density at radius 2 is 1.38 bits per heavy atom. The molecule has 2 aliphatic heterocycles. The van der Waals surface area contributed by atoms with Gasteiger partial charge in [0.2, 0.25) is 23.6 Å². The minimum atomic E-state index is -0.967. The van der Waals surface area contributed by atoms with Crippen molar-refractivity contribution < 1.29 is 38.8 Å². The molecule has 12 nitrogen and oxygen atoms in total. The maximum absolute atomic E-state index is 13.0. The molecular formula is C28H32N4O8. The molecule has 0 saturated carbocycles. The number of ether oxygens (including phenoxy) is 3. The number of hydrogen-bond acceptors (Lipinski definition) is 10. The summed E-state index contributed by atoms with van der Waals surface area (Å²) in [6.45, 7) is 3.60. The molecule has 2 aliphatic rings. The van der Waals surface area contributed by atoms with Gasteiger partial charge in [0.05, 0.1) is 18.2 Å². The van der Waals surface area contributed by atoms with Crippen LogP contribution in [0.2, 0.25) is 0 Å². The second-order valence-corrected chi connectivity index (χ2v) is 9.46. The molecular weight excluding hydrogens is 520 g/mol. The topological polar surface area (TPSA) is 168 Å². The van der Waals surface area contributed by atoms with Crippen LogP contribution in [0, 0.1) is 0 Å². The van der Waals surface area contributed by atoms with Gasteiger partial charge < -0.3 is 35.1 Å². The summed E-state index contributed by atoms with van der Waals surface area (Å²) in [5.41, 5.74) is 0.768. The smallest absolute Gasteiger partial charge is 0.328 e. The van der Waals surface area contributed by atoms with Crippen molar-refractivity contribution in [2.45, 2.75) is 57.0 Å². The summed E-state index contributed by atoms with van der Waals surface area (Å²) < 4.78 is 16.2. The van der Waals surface area contributed by atoms with Crippen LogP contribution in [-0.4, -0.2) is 83.8 Å². The van der Waals surface area contributed by atoms with Crippen molar-refractivity contribution >= 4 is 29.6 Å². The number of rotatable bonds is 10. The highest BCUT2D eigenvalue weighted by molar-refractivity contribution is 6.01. The van der Waals surface area contributed by atoms with Crippen molar-refractivity contribution in [2.24, 2.45) is 9.98 Å². The highest BCUT2D eigenvalue weighted by atomic mass is 16.5. The number of nitrogens with zero attached hydrogens (tertiary/aromatic N) is 2. The van der Waals surface area contributed by atoms with Crippen molar-refractivity contribution in [3.8, 4) is 11.5 Å². The van der Waals surface area contributed by atoms with Gasteiger partial charge in [-0.15, -0.1) is 0 Å². The zero-order valence-corrected chi connectivity index (χ0v) is 22.4. The Hall–Kier alpha value is -4.61. The van der Waals surface area contributed by atoms with Crippen LogP contribution in [0.5, 0.6) is 11.5 Å². The number of phenolic OH excluding ortho intramolecular Hbond substituents is 2. The van der Waals surface area contributed by atoms with Crippen LogP contribution in [0.3, 0.4) is 0 Å². The SMILES string of the molecule is COC(=O)[C@@H](CCCNC(=O)[C@H]1N=C(c2ccccc2O)O[C@@H]1C)NC(=O)[C@H]1N=C(c2ccccc2O)O[C@@H]1C. The van der Waals surface area contributed by atoms with Crippen LogP contribution < -0.4 is 10.6 Å². The minimum absolute atomic E-state index is 0.00379. The van der Waals surface area contributed by atoms with E-state index < -0.39 is 42.2 Å². The first kappa shape index (κ1) is 28.4. The third kappa shape index (κ3) is 6.33. The number of carbonyl (C=O) groups excluding carboxylic acids is 3. The number of carbonyl (C=O) groups is 3. The third-order valence-electron chi connectivity index (χ3n) is 6.57. The van der Waals surface area contributed by atoms with Crippen LogP contribution in [-0.2, 0) is 28.6 Å². The molecule has 0 saturated heterocycles. The Morgan fingerprint density at radius 1 is 0.875 bits per heavy atom. The monoisotopic (exact) mass is 552 g/mol. The quantitative estimate of drug-likeness (QED) is 0.253. The number of para-hydroxylation sites is 2. The molecule has 212 valence electrons. The average molecular weight is 553 g/mol. The zero-order chi connectivity index (χ0) is 28.8. The van der Waals surface area contributed by atoms with Gasteiger partial charge in [-0.3, -0.25) is 9.59 Å². The molecule has 12 heteroatoms. The maximum Gasteiger partial charge on any atom is 0.328 e. The Bertz CT molecular complexity index is 1330. The van der Waals surface area contributed by atoms with Gasteiger partial charge in [0.25, 0.3) is 0 Å². The number of phenols is 2. The molecule has 0 aliphatic carbocycles. The fraction of sp³-hybridized carbons (Fsp3) is 0.393. The molecule has 2 aromatic carbocycles. The molecule has 0 spiro atoms. The van der Waals surface area contributed by atoms with Gasteiger partial charge in [0, 0.05) is 6.54 Å². The van der Waals surface area contributed by atoms with Crippen LogP contribution in [0.25, 0.3) is 0 Å². The summed E-state index contributed by atoms with van der Waals surface area (Å²) in [5, 5.41) is 25.6. The Balaban J connectivity index is 1.31. The molecule has 2 amide bonds. The molecule has 4 rings (SSSR count). The fourth-order valence-electron chi connectivity index (χ4n) is 4.39. The summed E-state index contributed by atoms with van der Waals surface area (Å²) in [4.78, 5) is 46.7. The van der Waals surface area contributed by atoms with Crippen LogP contribution in [0.15, 0.2) is 58.5 Å². The summed E-state index contributed by atoms with van der Waals surface area (Å²) in [7, 11) is 1.22. The number of benzene rings is 2. The normalized spacial score (nSPS) is 22.3. The molecule has 2 heterocycles. The molecule has 0 aromatic heterocycles. The van der Waals surface area contributed by atoms with Crippen LogP contribution in [0.4, 0.5) is 0 Å². The second kappa shape index (κ2) is 12.5. The highest BCUT2D eigenvalue weighted by Gasteiger charge is 2.37. The van der Waals surface area contributed by atoms with Crippen LogP contribution >= 0.6 is 0 Å². The maximum atomic E-state index is 13.0. The van der Waals surface area contributed by atoms with E-state index in [4.69, 9.17) is 14.2 Å². The third-order valence-corrected chi connectivity index (χ3v) is 6.57. The molecule has 40 heavy (non-hydrogen) atoms. The summed E-state index contributed by atoms with van der Waals surface area (Å²) in [6.07, 6.45) is -0.603. The zero-order valence-electron chi connectivity index (χ0n) is 22.4. The van der Waals surface area contributed by atoms with Crippen molar-refractivity contribution in [3.63, 3.8) is 0 Å². The molecule has 0 radical (unpaired) electrons. The van der Waals surface area contributed by atoms with Gasteiger partial charge >= 0.3 is 5.97 Å². The average Bonchev–Trinajstić information content (AvgIpc) is 3.52. The number of hydrogen-bond donors (Lipinski definition) is 4. The van der Waals surface area contributed by atoms with E-state index in [9.17, 15) is 24.6 Å². The van der Waals surface area contributed by atoms with E-state index >= 15 is 0 Å². The lowest BCUT2D eigenvalue weighted by Crippen LogP contribution is -2.47. The summed E-state index contributed by atoms with van der Waals surface area (Å²) >= 11 is 0. The highest BCUT2D eigenvalue weighted by Crippen LogP contribution is 2.25. The first-order valence-corrected chi connectivity index (χ1v) is 12.9. The Labute approximate surface area is 231 Å². The van der Waals surface area contributed by atoms with Crippen molar-refractivity contribution in [1.82, 2.24) is 10.6 Å². The van der Waals surface area contributed by atoms with E-state index in [1.165, 1.54) is 19.2 Å². The second-order valence-electron chi connectivity index (χ2n) is 9.46. The molecule has 0 fully saturated rings. The molecule has 2 aromatic rings. The van der Waals surface area contributed by atoms with Crippen LogP contribution in [0.1, 0.15) is 37.8 Å². The predicted octanol–water partition coefficient (Wildman–Crippen LogP) is 1.42. The number of aromatic hydroxyl groups is 2. The molecule has 5 atom stereocenters. The van der Waals surface area contributed by atoms with E-state index in [-0.39, 0.29) is 42.2 Å². The van der Waals surface area contributed by atoms with Gasteiger partial charge in [-0.05, 0) is 51.0 Å². The molecule has 0 bridgehead atoms. The van der Waals surface area contributed by atoms with E-state index in [2.05, 4.69) is 20.6 Å². The first-order chi connectivity index (χ1) is 19.2. The van der Waals surface area contributed by atoms with Gasteiger partial charge in [-0.25, -0.2) is 14.8 Å². The largest absolute Gasteiger partial charge is 0.507 e. The number of methoxy groups -OCH3 is 1. The van der Waals surface area contributed by atoms with Gasteiger partial charge in [-0.1, -0.05) is 24.3 Å². The van der Waals surface area contributed by atoms with E-state index in [0.717, 1.165) is 0 Å². The Morgan fingerprint density at radius 3 is 1.88 bits per heavy atom. The van der Waals surface area contributed by atoms with E-state index in [0.29, 0.717) is 17.5 Å². The van der Waals surface area contributed by atoms with Gasteiger partial charge in [-0.2, -0.15) is 0 Å². The van der Waals surface area contributed by atoms with E-state index in [1.807, 2.05) is 0 Å².